The lowest BCUT2D eigenvalue weighted by Gasteiger charge is -2.18. The van der Waals surface area contributed by atoms with E-state index in [2.05, 4.69) is 67.0 Å². The third kappa shape index (κ3) is 36.1. The van der Waals surface area contributed by atoms with Gasteiger partial charge in [-0.05, 0) is 51.4 Å². The van der Waals surface area contributed by atoms with Crippen LogP contribution in [-0.2, 0) is 32.9 Å². The van der Waals surface area contributed by atoms with Crippen molar-refractivity contribution in [2.75, 3.05) is 13.2 Å². The summed E-state index contributed by atoms with van der Waals surface area (Å²) in [6, 6.07) is 0. The van der Waals surface area contributed by atoms with Crippen LogP contribution in [0.3, 0.4) is 0 Å². The molecule has 1 heterocycles. The molecule has 0 spiro atoms. The zero-order chi connectivity index (χ0) is 40.8. The number of epoxide rings is 1. The van der Waals surface area contributed by atoms with Crippen molar-refractivity contribution in [3.8, 4) is 0 Å². The maximum absolute atomic E-state index is 12.4. The minimum Gasteiger partial charge on any atom is -0.462 e. The van der Waals surface area contributed by atoms with Crippen LogP contribution >= 0.6 is 7.82 Å². The lowest BCUT2D eigenvalue weighted by Crippen LogP contribution is -2.29. The van der Waals surface area contributed by atoms with Crippen molar-refractivity contribution in [1.29, 1.82) is 0 Å². The van der Waals surface area contributed by atoms with Crippen LogP contribution in [0.5, 0.6) is 0 Å². The third-order valence-electron chi connectivity index (χ3n) is 9.72. The van der Waals surface area contributed by atoms with Gasteiger partial charge in [-0.15, -0.1) is 0 Å². The molecular formula is C46H79O9P. The van der Waals surface area contributed by atoms with Gasteiger partial charge in [0.15, 0.2) is 6.10 Å². The smallest absolute Gasteiger partial charge is 0.462 e. The molecule has 0 aromatic carbocycles. The number of hydrogen-bond acceptors (Lipinski definition) is 7. The van der Waals surface area contributed by atoms with Crippen LogP contribution in [0.2, 0.25) is 0 Å². The number of allylic oxidation sites excluding steroid dienone is 8. The highest BCUT2D eigenvalue weighted by Crippen LogP contribution is 2.36. The van der Waals surface area contributed by atoms with Crippen LogP contribution in [-0.4, -0.2) is 53.3 Å². The van der Waals surface area contributed by atoms with Gasteiger partial charge in [-0.3, -0.25) is 14.1 Å². The number of carbonyl (C=O) groups is 2. The molecule has 0 aromatic rings. The van der Waals surface area contributed by atoms with Gasteiger partial charge in [0.2, 0.25) is 0 Å². The van der Waals surface area contributed by atoms with Crippen molar-refractivity contribution in [1.82, 2.24) is 0 Å². The molecule has 56 heavy (non-hydrogen) atoms. The van der Waals surface area contributed by atoms with E-state index in [4.69, 9.17) is 24.0 Å². The summed E-state index contributed by atoms with van der Waals surface area (Å²) < 4.78 is 32.0. The number of rotatable bonds is 39. The van der Waals surface area contributed by atoms with Crippen molar-refractivity contribution in [2.24, 2.45) is 0 Å². The first kappa shape index (κ1) is 51.7. The predicted molar refractivity (Wildman–Crippen MR) is 229 cm³/mol. The highest BCUT2D eigenvalue weighted by molar-refractivity contribution is 7.46. The number of hydrogen-bond donors (Lipinski definition) is 2. The second kappa shape index (κ2) is 37.0. The molecule has 9 nitrogen and oxygen atoms in total. The highest BCUT2D eigenvalue weighted by Gasteiger charge is 2.35. The van der Waals surface area contributed by atoms with Gasteiger partial charge in [0, 0.05) is 12.8 Å². The van der Waals surface area contributed by atoms with Crippen molar-refractivity contribution in [3.05, 3.63) is 60.8 Å². The Balaban J connectivity index is 2.08. The normalized spacial score (nSPS) is 16.6. The summed E-state index contributed by atoms with van der Waals surface area (Å²) in [5, 5.41) is 0. The van der Waals surface area contributed by atoms with E-state index < -0.39 is 32.5 Å². The van der Waals surface area contributed by atoms with E-state index in [1.165, 1.54) is 96.3 Å². The molecule has 0 amide bonds. The van der Waals surface area contributed by atoms with Crippen LogP contribution in [0.4, 0.5) is 0 Å². The molecule has 1 rings (SSSR count). The highest BCUT2D eigenvalue weighted by atomic mass is 31.2. The van der Waals surface area contributed by atoms with Crippen LogP contribution in [0, 0.1) is 0 Å². The molecule has 0 bridgehead atoms. The summed E-state index contributed by atoms with van der Waals surface area (Å²) in [7, 11) is -4.78. The van der Waals surface area contributed by atoms with Crippen molar-refractivity contribution in [2.45, 2.75) is 206 Å². The molecular weight excluding hydrogens is 727 g/mol. The van der Waals surface area contributed by atoms with Crippen molar-refractivity contribution < 1.29 is 42.7 Å². The Morgan fingerprint density at radius 3 is 1.50 bits per heavy atom. The average molecular weight is 807 g/mol. The Hall–Kier alpha value is -2.29. The summed E-state index contributed by atoms with van der Waals surface area (Å²) >= 11 is 0. The van der Waals surface area contributed by atoms with Crippen molar-refractivity contribution >= 4 is 19.8 Å². The van der Waals surface area contributed by atoms with E-state index in [9.17, 15) is 14.2 Å². The van der Waals surface area contributed by atoms with Crippen LogP contribution in [0.25, 0.3) is 0 Å². The first-order valence-corrected chi connectivity index (χ1v) is 23.7. The number of esters is 2. The van der Waals surface area contributed by atoms with E-state index in [-0.39, 0.29) is 19.4 Å². The van der Waals surface area contributed by atoms with E-state index in [1.807, 2.05) is 12.2 Å². The summed E-state index contributed by atoms with van der Waals surface area (Å²) in [4.78, 5) is 42.9. The molecule has 1 aliphatic rings. The molecule has 2 unspecified atom stereocenters. The molecule has 10 heteroatoms. The van der Waals surface area contributed by atoms with Gasteiger partial charge in [-0.25, -0.2) is 4.57 Å². The number of carbonyl (C=O) groups excluding carboxylic acids is 2. The fourth-order valence-electron chi connectivity index (χ4n) is 6.32. The first-order chi connectivity index (χ1) is 27.2. The predicted octanol–water partition coefficient (Wildman–Crippen LogP) is 12.7. The van der Waals surface area contributed by atoms with Crippen molar-refractivity contribution in [3.63, 3.8) is 0 Å². The summed E-state index contributed by atoms with van der Waals surface area (Å²) in [6.45, 7) is 3.52. The zero-order valence-electron chi connectivity index (χ0n) is 35.2. The van der Waals surface area contributed by atoms with Crippen LogP contribution < -0.4 is 0 Å². The SMILES string of the molecule is CC/C=C\CC1OC1C/C=C\C/C=C\C/C=C\C/C=C\CCC(=O)O[C@H](COC(=O)CCCCCCCCCCCCCCCCCCCC)COP(=O)(O)O. The molecule has 0 radical (unpaired) electrons. The quantitative estimate of drug-likeness (QED) is 0.0205. The van der Waals surface area contributed by atoms with Gasteiger partial charge in [0.25, 0.3) is 0 Å². The minimum absolute atomic E-state index is 0.0829. The van der Waals surface area contributed by atoms with Gasteiger partial charge in [0.05, 0.1) is 18.8 Å². The molecule has 322 valence electrons. The summed E-state index contributed by atoms with van der Waals surface area (Å²) in [5.74, 6) is -0.984. The molecule has 1 saturated heterocycles. The second-order valence-corrected chi connectivity index (χ2v) is 16.3. The molecule has 3 atom stereocenters. The molecule has 0 aromatic heterocycles. The van der Waals surface area contributed by atoms with E-state index >= 15 is 0 Å². The number of phosphoric acid groups is 1. The van der Waals surface area contributed by atoms with E-state index in [0.29, 0.717) is 25.0 Å². The Morgan fingerprint density at radius 1 is 0.571 bits per heavy atom. The monoisotopic (exact) mass is 807 g/mol. The Bertz CT molecular complexity index is 1160. The fraction of sp³-hybridized carbons (Fsp3) is 0.739. The van der Waals surface area contributed by atoms with E-state index in [1.54, 1.807) is 0 Å². The first-order valence-electron chi connectivity index (χ1n) is 22.2. The molecule has 0 saturated carbocycles. The zero-order valence-corrected chi connectivity index (χ0v) is 36.1. The lowest BCUT2D eigenvalue weighted by molar-refractivity contribution is -0.161. The number of unbranched alkanes of at least 4 members (excludes halogenated alkanes) is 17. The van der Waals surface area contributed by atoms with Crippen LogP contribution in [0.1, 0.15) is 187 Å². The Labute approximate surface area is 341 Å². The Kier molecular flexibility index (Phi) is 34.2. The molecule has 2 N–H and O–H groups in total. The molecule has 0 aliphatic carbocycles. The average Bonchev–Trinajstić information content (AvgIpc) is 3.92. The summed E-state index contributed by atoms with van der Waals surface area (Å²) in [6.07, 6.45) is 50.0. The van der Waals surface area contributed by atoms with Gasteiger partial charge in [-0.2, -0.15) is 0 Å². The van der Waals surface area contributed by atoms with E-state index in [0.717, 1.165) is 51.4 Å². The third-order valence-corrected chi connectivity index (χ3v) is 10.2. The summed E-state index contributed by atoms with van der Waals surface area (Å²) in [5.41, 5.74) is 0. The van der Waals surface area contributed by atoms with Gasteiger partial charge >= 0.3 is 19.8 Å². The standard InChI is InChI=1S/C46H79O9P/c1-3-5-7-8-9-10-11-12-13-14-15-16-17-21-24-27-30-34-38-45(47)52-40-42(41-53-56(49,50)51)54-46(48)39-35-31-28-25-22-19-18-20-23-26-29-33-37-44-43(55-44)36-32-6-4-2/h6,19-20,22-23,28-29,31-33,42-44H,3-5,7-18,21,24-27,30,34-41H2,1-2H3,(H2,49,50,51)/b22-19-,23-20-,31-28-,32-6-,33-29-/t42-,43?,44?/m1/s1. The largest absolute Gasteiger partial charge is 0.469 e. The number of phosphoric ester groups is 1. The fourth-order valence-corrected chi connectivity index (χ4v) is 6.68. The van der Waals surface area contributed by atoms with Crippen LogP contribution in [0.15, 0.2) is 60.8 Å². The van der Waals surface area contributed by atoms with Gasteiger partial charge < -0.3 is 24.0 Å². The number of ether oxygens (including phenoxy) is 3. The second-order valence-electron chi connectivity index (χ2n) is 15.0. The maximum Gasteiger partial charge on any atom is 0.469 e. The lowest BCUT2D eigenvalue weighted by atomic mass is 10.0. The maximum atomic E-state index is 12.4. The Morgan fingerprint density at radius 2 is 1.02 bits per heavy atom. The molecule has 1 fully saturated rings. The van der Waals surface area contributed by atoms with Gasteiger partial charge in [-0.1, -0.05) is 184 Å². The minimum atomic E-state index is -4.78. The van der Waals surface area contributed by atoms with Gasteiger partial charge in [0.1, 0.15) is 6.61 Å². The topological polar surface area (TPSA) is 132 Å². The molecule has 1 aliphatic heterocycles.